The van der Waals surface area contributed by atoms with Gasteiger partial charge in [-0.15, -0.1) is 0 Å². The summed E-state index contributed by atoms with van der Waals surface area (Å²) in [5.41, 5.74) is 2.97. The zero-order valence-electron chi connectivity index (χ0n) is 17.0. The standard InChI is InChI=1S/C19H28N6O5/c1-30-19-20-8-7-16(23-19)22-17(27)15-6-9-21-25(15)18(28)14(11-24(29)12-26)10-13-4-2-3-5-13/h7-8,12-15,21,29H,2-6,9-11H2,1H3,(H,20,22,23,27). The van der Waals surface area contributed by atoms with E-state index in [0.717, 1.165) is 25.7 Å². The summed E-state index contributed by atoms with van der Waals surface area (Å²) >= 11 is 0. The Balaban J connectivity index is 1.69. The molecule has 2 atom stereocenters. The summed E-state index contributed by atoms with van der Waals surface area (Å²) in [5.74, 6) is -0.632. The number of hydrogen-bond donors (Lipinski definition) is 3. The topological polar surface area (TPSA) is 137 Å². The van der Waals surface area contributed by atoms with Crippen LogP contribution in [0.25, 0.3) is 0 Å². The molecule has 3 amide bonds. The monoisotopic (exact) mass is 420 g/mol. The maximum atomic E-state index is 13.2. The van der Waals surface area contributed by atoms with E-state index in [1.807, 2.05) is 0 Å². The molecular weight excluding hydrogens is 392 g/mol. The van der Waals surface area contributed by atoms with Crippen LogP contribution < -0.4 is 15.5 Å². The van der Waals surface area contributed by atoms with Crippen molar-refractivity contribution < 1.29 is 24.3 Å². The lowest BCUT2D eigenvalue weighted by Crippen LogP contribution is -2.51. The highest BCUT2D eigenvalue weighted by Crippen LogP contribution is 2.31. The van der Waals surface area contributed by atoms with Crippen LogP contribution in [-0.2, 0) is 14.4 Å². The number of methoxy groups -OCH3 is 1. The molecule has 11 nitrogen and oxygen atoms in total. The fourth-order valence-corrected chi connectivity index (χ4v) is 4.13. The normalized spacial score (nSPS) is 20.1. The van der Waals surface area contributed by atoms with Crippen LogP contribution >= 0.6 is 0 Å². The highest BCUT2D eigenvalue weighted by molar-refractivity contribution is 5.97. The van der Waals surface area contributed by atoms with Crippen molar-refractivity contribution in [1.82, 2.24) is 25.5 Å². The number of carbonyl (C=O) groups excluding carboxylic acids is 3. The number of ether oxygens (including phenoxy) is 1. The number of hydrogen-bond acceptors (Lipinski definition) is 8. The molecule has 30 heavy (non-hydrogen) atoms. The van der Waals surface area contributed by atoms with Crippen molar-refractivity contribution in [3.63, 3.8) is 0 Å². The number of nitrogens with one attached hydrogen (secondary N) is 2. The fourth-order valence-electron chi connectivity index (χ4n) is 4.13. The maximum absolute atomic E-state index is 13.2. The summed E-state index contributed by atoms with van der Waals surface area (Å²) in [4.78, 5) is 44.9. The minimum Gasteiger partial charge on any atom is -0.467 e. The Labute approximate surface area is 174 Å². The fraction of sp³-hybridized carbons (Fsp3) is 0.632. The molecule has 2 heterocycles. The first-order chi connectivity index (χ1) is 14.5. The highest BCUT2D eigenvalue weighted by Gasteiger charge is 2.39. The summed E-state index contributed by atoms with van der Waals surface area (Å²) < 4.78 is 4.96. The molecule has 0 bridgehead atoms. The molecule has 1 saturated carbocycles. The Bertz CT molecular complexity index is 757. The van der Waals surface area contributed by atoms with Crippen molar-refractivity contribution in [3.05, 3.63) is 12.3 Å². The van der Waals surface area contributed by atoms with Gasteiger partial charge in [0, 0.05) is 12.7 Å². The molecule has 2 aliphatic rings. The Kier molecular flexibility index (Phi) is 7.52. The van der Waals surface area contributed by atoms with Gasteiger partial charge in [0.25, 0.3) is 0 Å². The number of nitrogens with zero attached hydrogens (tertiary/aromatic N) is 4. The zero-order chi connectivity index (χ0) is 21.5. The summed E-state index contributed by atoms with van der Waals surface area (Å²) in [7, 11) is 1.43. The van der Waals surface area contributed by atoms with Crippen LogP contribution in [0.3, 0.4) is 0 Å². The van der Waals surface area contributed by atoms with Gasteiger partial charge in [-0.2, -0.15) is 4.98 Å². The Hall–Kier alpha value is -2.79. The number of amides is 3. The SMILES string of the molecule is COc1nccc(NC(=O)C2CCNN2C(=O)C(CC2CCCC2)CN(O)C=O)n1. The first-order valence-corrected chi connectivity index (χ1v) is 10.2. The Morgan fingerprint density at radius 1 is 1.43 bits per heavy atom. The third-order valence-corrected chi connectivity index (χ3v) is 5.59. The summed E-state index contributed by atoms with van der Waals surface area (Å²) in [6, 6.07) is 0.928. The van der Waals surface area contributed by atoms with E-state index < -0.39 is 12.0 Å². The van der Waals surface area contributed by atoms with Crippen molar-refractivity contribution in [2.24, 2.45) is 11.8 Å². The van der Waals surface area contributed by atoms with E-state index >= 15 is 0 Å². The molecule has 0 spiro atoms. The van der Waals surface area contributed by atoms with Crippen molar-refractivity contribution in [2.75, 3.05) is 25.5 Å². The minimum absolute atomic E-state index is 0.103. The number of anilines is 1. The number of carbonyl (C=O) groups is 3. The van der Waals surface area contributed by atoms with Crippen molar-refractivity contribution in [2.45, 2.75) is 44.6 Å². The average Bonchev–Trinajstić information content (AvgIpc) is 3.44. The highest BCUT2D eigenvalue weighted by atomic mass is 16.5. The van der Waals surface area contributed by atoms with E-state index in [4.69, 9.17) is 4.74 Å². The van der Waals surface area contributed by atoms with Crippen LogP contribution in [0.2, 0.25) is 0 Å². The molecule has 0 radical (unpaired) electrons. The van der Waals surface area contributed by atoms with Gasteiger partial charge in [0.2, 0.25) is 18.2 Å². The van der Waals surface area contributed by atoms with E-state index in [0.29, 0.717) is 36.8 Å². The molecule has 3 N–H and O–H groups in total. The lowest BCUT2D eigenvalue weighted by atomic mass is 9.92. The molecule has 1 aliphatic heterocycles. The molecular formula is C19H28N6O5. The summed E-state index contributed by atoms with van der Waals surface area (Å²) in [6.07, 6.45) is 7.07. The van der Waals surface area contributed by atoms with E-state index in [1.165, 1.54) is 24.4 Å². The predicted octanol–water partition coefficient (Wildman–Crippen LogP) is 0.573. The van der Waals surface area contributed by atoms with Crippen LogP contribution in [0.1, 0.15) is 38.5 Å². The first kappa shape index (κ1) is 21.9. The van der Waals surface area contributed by atoms with Gasteiger partial charge in [0.1, 0.15) is 11.9 Å². The van der Waals surface area contributed by atoms with E-state index in [9.17, 15) is 19.6 Å². The zero-order valence-corrected chi connectivity index (χ0v) is 17.0. The van der Waals surface area contributed by atoms with Gasteiger partial charge in [-0.1, -0.05) is 25.7 Å². The number of rotatable bonds is 9. The van der Waals surface area contributed by atoms with Gasteiger partial charge in [0.05, 0.1) is 19.6 Å². The minimum atomic E-state index is -0.729. The Morgan fingerprint density at radius 3 is 2.90 bits per heavy atom. The van der Waals surface area contributed by atoms with Gasteiger partial charge in [0.15, 0.2) is 0 Å². The number of hydrazine groups is 1. The first-order valence-electron chi connectivity index (χ1n) is 10.2. The molecule has 3 rings (SSSR count). The molecule has 0 aromatic carbocycles. The molecule has 11 heteroatoms. The van der Waals surface area contributed by atoms with Crippen molar-refractivity contribution in [3.8, 4) is 6.01 Å². The third kappa shape index (κ3) is 5.42. The van der Waals surface area contributed by atoms with E-state index in [1.54, 1.807) is 0 Å². The van der Waals surface area contributed by atoms with Crippen molar-refractivity contribution in [1.29, 1.82) is 0 Å². The number of aromatic nitrogens is 2. The van der Waals surface area contributed by atoms with Gasteiger partial charge < -0.3 is 10.1 Å². The molecule has 2 unspecified atom stereocenters. The average molecular weight is 420 g/mol. The smallest absolute Gasteiger partial charge is 0.318 e. The van der Waals surface area contributed by atoms with Gasteiger partial charge in [-0.3, -0.25) is 24.6 Å². The second-order valence-corrected chi connectivity index (χ2v) is 7.65. The van der Waals surface area contributed by atoms with Crippen LogP contribution in [0.15, 0.2) is 12.3 Å². The van der Waals surface area contributed by atoms with Gasteiger partial charge >= 0.3 is 6.01 Å². The molecule has 1 aromatic rings. The maximum Gasteiger partial charge on any atom is 0.318 e. The van der Waals surface area contributed by atoms with Crippen LogP contribution in [0, 0.1) is 11.8 Å². The van der Waals surface area contributed by atoms with Crippen LogP contribution in [0.4, 0.5) is 5.82 Å². The lowest BCUT2D eigenvalue weighted by molar-refractivity contribution is -0.159. The largest absolute Gasteiger partial charge is 0.467 e. The summed E-state index contributed by atoms with van der Waals surface area (Å²) in [6.45, 7) is 0.359. The molecule has 2 fully saturated rings. The van der Waals surface area contributed by atoms with E-state index in [2.05, 4.69) is 20.7 Å². The van der Waals surface area contributed by atoms with Crippen molar-refractivity contribution >= 4 is 24.0 Å². The second kappa shape index (κ2) is 10.3. The van der Waals surface area contributed by atoms with Crippen LogP contribution in [-0.4, -0.2) is 69.7 Å². The van der Waals surface area contributed by atoms with E-state index in [-0.39, 0.29) is 30.2 Å². The molecule has 1 aliphatic carbocycles. The summed E-state index contributed by atoms with van der Waals surface area (Å²) in [5, 5.41) is 14.2. The molecule has 164 valence electrons. The van der Waals surface area contributed by atoms with Crippen LogP contribution in [0.5, 0.6) is 6.01 Å². The second-order valence-electron chi connectivity index (χ2n) is 7.65. The number of hydroxylamine groups is 2. The lowest BCUT2D eigenvalue weighted by Gasteiger charge is -2.29. The Morgan fingerprint density at radius 2 is 2.20 bits per heavy atom. The predicted molar refractivity (Wildman–Crippen MR) is 105 cm³/mol. The van der Waals surface area contributed by atoms with Gasteiger partial charge in [-0.25, -0.2) is 15.5 Å². The molecule has 1 saturated heterocycles. The molecule has 1 aromatic heterocycles. The quantitative estimate of drug-likeness (QED) is 0.300. The third-order valence-electron chi connectivity index (χ3n) is 5.59. The van der Waals surface area contributed by atoms with Gasteiger partial charge in [-0.05, 0) is 24.8 Å².